The number of allylic oxidation sites excluding steroid dienone is 7. The third kappa shape index (κ3) is 38.2. The summed E-state index contributed by atoms with van der Waals surface area (Å²) in [6.07, 6.45) is 49.6. The van der Waals surface area contributed by atoms with Crippen LogP contribution in [0.4, 0.5) is 0 Å². The molecule has 1 unspecified atom stereocenters. The number of rotatable bonds is 37. The van der Waals surface area contributed by atoms with E-state index in [9.17, 15) is 14.4 Å². The molecule has 0 spiro atoms. The number of carboxylic acid groups (broad SMARTS) is 1. The number of hydrogen-bond acceptors (Lipinski definition) is 4. The summed E-state index contributed by atoms with van der Waals surface area (Å²) < 4.78 is 5.93. The van der Waals surface area contributed by atoms with Crippen LogP contribution in [-0.4, -0.2) is 35.6 Å². The molecule has 0 rings (SSSR count). The largest absolute Gasteiger partial charge is 0.480 e. The van der Waals surface area contributed by atoms with Crippen LogP contribution in [0.25, 0.3) is 0 Å². The molecule has 0 saturated carbocycles. The number of unbranched alkanes of at least 4 members (excludes halogenated alkanes) is 20. The Morgan fingerprint density at radius 3 is 1.56 bits per heavy atom. The lowest BCUT2D eigenvalue weighted by molar-refractivity contribution is -0.147. The quantitative estimate of drug-likeness (QED) is 0.0382. The van der Waals surface area contributed by atoms with Crippen molar-refractivity contribution < 1.29 is 24.2 Å². The van der Waals surface area contributed by atoms with Gasteiger partial charge >= 0.3 is 11.9 Å². The third-order valence-electron chi connectivity index (χ3n) is 8.96. The summed E-state index contributed by atoms with van der Waals surface area (Å²) in [4.78, 5) is 34.8. The van der Waals surface area contributed by atoms with Crippen LogP contribution in [-0.2, 0) is 19.1 Å². The summed E-state index contributed by atoms with van der Waals surface area (Å²) in [6.45, 7) is 4.18. The summed E-state index contributed by atoms with van der Waals surface area (Å²) >= 11 is 0. The van der Waals surface area contributed by atoms with Gasteiger partial charge in [0.2, 0.25) is 5.91 Å². The SMILES string of the molecule is CCCCC/C=C\C/C=C\C/C=C\CCCCCCCCC(=O)OC(/C=C\CCCCCCCC)CCCCCCCCC(=O)NCC(=O)O. The lowest BCUT2D eigenvalue weighted by atomic mass is 10.0. The predicted molar refractivity (Wildman–Crippen MR) is 212 cm³/mol. The fraction of sp³-hybridized carbons (Fsp3) is 0.750. The van der Waals surface area contributed by atoms with Crippen molar-refractivity contribution in [1.29, 1.82) is 0 Å². The summed E-state index contributed by atoms with van der Waals surface area (Å²) in [5.74, 6) is -1.28. The van der Waals surface area contributed by atoms with Gasteiger partial charge < -0.3 is 15.2 Å². The van der Waals surface area contributed by atoms with Gasteiger partial charge in [-0.1, -0.05) is 153 Å². The maximum absolute atomic E-state index is 12.7. The Labute approximate surface area is 308 Å². The topological polar surface area (TPSA) is 92.7 Å². The molecule has 0 fully saturated rings. The lowest BCUT2D eigenvalue weighted by Gasteiger charge is -2.15. The van der Waals surface area contributed by atoms with Crippen LogP contribution >= 0.6 is 0 Å². The number of hydrogen-bond donors (Lipinski definition) is 2. The molecule has 288 valence electrons. The van der Waals surface area contributed by atoms with Gasteiger partial charge in [0.15, 0.2) is 0 Å². The summed E-state index contributed by atoms with van der Waals surface area (Å²) in [5.41, 5.74) is 0. The second kappa shape index (κ2) is 39.2. The summed E-state index contributed by atoms with van der Waals surface area (Å²) in [6, 6.07) is 0. The Morgan fingerprint density at radius 1 is 0.540 bits per heavy atom. The normalized spacial score (nSPS) is 12.5. The molecular formula is C44H77NO5. The molecule has 6 nitrogen and oxygen atoms in total. The molecule has 0 aromatic rings. The Morgan fingerprint density at radius 2 is 0.980 bits per heavy atom. The Hall–Kier alpha value is -2.63. The predicted octanol–water partition coefficient (Wildman–Crippen LogP) is 12.7. The number of carboxylic acids is 1. The average Bonchev–Trinajstić information content (AvgIpc) is 3.10. The molecule has 0 aliphatic heterocycles. The monoisotopic (exact) mass is 700 g/mol. The highest BCUT2D eigenvalue weighted by atomic mass is 16.5. The first-order valence-corrected chi connectivity index (χ1v) is 20.8. The number of aliphatic carboxylic acids is 1. The zero-order chi connectivity index (χ0) is 36.6. The van der Waals surface area contributed by atoms with E-state index >= 15 is 0 Å². The van der Waals surface area contributed by atoms with Gasteiger partial charge in [0.25, 0.3) is 0 Å². The standard InChI is InChI=1S/C44H77NO5/c1-3-5-7-9-11-13-14-15-16-17-18-19-20-21-22-23-25-31-35-39-44(49)50-41(36-32-28-24-12-10-8-6-4-2)37-33-29-26-27-30-34-38-42(46)45-40-43(47)48/h11,13,15-16,18-19,32,36,41H,3-10,12,14,17,20-31,33-35,37-40H2,1-2H3,(H,45,46)(H,47,48)/b13-11-,16-15-,19-18-,36-32-. The van der Waals surface area contributed by atoms with Crippen LogP contribution in [0.3, 0.4) is 0 Å². The minimum Gasteiger partial charge on any atom is -0.480 e. The van der Waals surface area contributed by atoms with Crippen molar-refractivity contribution in [3.63, 3.8) is 0 Å². The average molecular weight is 700 g/mol. The highest BCUT2D eigenvalue weighted by Gasteiger charge is 2.11. The molecule has 0 aliphatic rings. The first kappa shape index (κ1) is 47.4. The van der Waals surface area contributed by atoms with E-state index in [1.54, 1.807) is 0 Å². The molecule has 1 atom stereocenters. The molecular weight excluding hydrogens is 622 g/mol. The Balaban J connectivity index is 4.12. The number of esters is 1. The van der Waals surface area contributed by atoms with E-state index in [1.807, 2.05) is 0 Å². The zero-order valence-electron chi connectivity index (χ0n) is 32.5. The second-order valence-corrected chi connectivity index (χ2v) is 13.9. The smallest absolute Gasteiger partial charge is 0.322 e. The van der Waals surface area contributed by atoms with Gasteiger partial charge in [-0.05, 0) is 83.1 Å². The van der Waals surface area contributed by atoms with Gasteiger partial charge in [-0.15, -0.1) is 0 Å². The summed E-state index contributed by atoms with van der Waals surface area (Å²) in [7, 11) is 0. The fourth-order valence-corrected chi connectivity index (χ4v) is 5.84. The van der Waals surface area contributed by atoms with Crippen molar-refractivity contribution in [2.75, 3.05) is 6.54 Å². The molecule has 2 N–H and O–H groups in total. The Kier molecular flexibility index (Phi) is 37.1. The zero-order valence-corrected chi connectivity index (χ0v) is 32.5. The van der Waals surface area contributed by atoms with Crippen molar-refractivity contribution >= 4 is 17.8 Å². The third-order valence-corrected chi connectivity index (χ3v) is 8.96. The van der Waals surface area contributed by atoms with E-state index in [4.69, 9.17) is 9.84 Å². The maximum atomic E-state index is 12.7. The van der Waals surface area contributed by atoms with Crippen LogP contribution in [0.2, 0.25) is 0 Å². The molecule has 50 heavy (non-hydrogen) atoms. The molecule has 1 amide bonds. The first-order valence-electron chi connectivity index (χ1n) is 20.8. The van der Waals surface area contributed by atoms with E-state index < -0.39 is 5.97 Å². The Bertz CT molecular complexity index is 906. The number of nitrogens with one attached hydrogen (secondary N) is 1. The second-order valence-electron chi connectivity index (χ2n) is 13.9. The lowest BCUT2D eigenvalue weighted by Crippen LogP contribution is -2.28. The number of ether oxygens (including phenoxy) is 1. The minimum atomic E-state index is -1.02. The van der Waals surface area contributed by atoms with Gasteiger partial charge in [0.1, 0.15) is 12.6 Å². The number of carbonyl (C=O) groups is 3. The molecule has 0 heterocycles. The highest BCUT2D eigenvalue weighted by Crippen LogP contribution is 2.16. The van der Waals surface area contributed by atoms with Gasteiger partial charge in [0, 0.05) is 12.8 Å². The molecule has 0 radical (unpaired) electrons. The summed E-state index contributed by atoms with van der Waals surface area (Å²) in [5, 5.41) is 11.0. The highest BCUT2D eigenvalue weighted by molar-refractivity contribution is 5.80. The van der Waals surface area contributed by atoms with Gasteiger partial charge in [-0.3, -0.25) is 14.4 Å². The molecule has 6 heteroatoms. The van der Waals surface area contributed by atoms with E-state index in [-0.39, 0.29) is 24.5 Å². The first-order chi connectivity index (χ1) is 24.5. The fourth-order valence-electron chi connectivity index (χ4n) is 5.84. The van der Waals surface area contributed by atoms with Gasteiger partial charge in [-0.2, -0.15) is 0 Å². The van der Waals surface area contributed by atoms with Crippen molar-refractivity contribution in [2.45, 2.75) is 206 Å². The van der Waals surface area contributed by atoms with Crippen LogP contribution in [0.1, 0.15) is 200 Å². The van der Waals surface area contributed by atoms with E-state index in [1.165, 1.54) is 89.9 Å². The van der Waals surface area contributed by atoms with E-state index in [0.717, 1.165) is 83.5 Å². The van der Waals surface area contributed by atoms with Crippen molar-refractivity contribution in [3.8, 4) is 0 Å². The van der Waals surface area contributed by atoms with E-state index in [2.05, 4.69) is 67.8 Å². The molecule has 0 aliphatic carbocycles. The molecule has 0 saturated heterocycles. The number of carbonyl (C=O) groups excluding carboxylic acids is 2. The molecule has 0 aromatic heterocycles. The van der Waals surface area contributed by atoms with Gasteiger partial charge in [-0.25, -0.2) is 0 Å². The van der Waals surface area contributed by atoms with Gasteiger partial charge in [0.05, 0.1) is 0 Å². The van der Waals surface area contributed by atoms with E-state index in [0.29, 0.717) is 12.8 Å². The molecule has 0 aromatic carbocycles. The van der Waals surface area contributed by atoms with Crippen molar-refractivity contribution in [2.24, 2.45) is 0 Å². The number of amides is 1. The van der Waals surface area contributed by atoms with Crippen LogP contribution in [0.5, 0.6) is 0 Å². The maximum Gasteiger partial charge on any atom is 0.322 e. The van der Waals surface area contributed by atoms with Crippen LogP contribution < -0.4 is 5.32 Å². The van der Waals surface area contributed by atoms with Crippen molar-refractivity contribution in [3.05, 3.63) is 48.6 Å². The molecule has 0 bridgehead atoms. The van der Waals surface area contributed by atoms with Crippen LogP contribution in [0, 0.1) is 0 Å². The van der Waals surface area contributed by atoms with Crippen LogP contribution in [0.15, 0.2) is 48.6 Å². The minimum absolute atomic E-state index is 0.0671. The van der Waals surface area contributed by atoms with Crippen molar-refractivity contribution in [1.82, 2.24) is 5.32 Å².